The van der Waals surface area contributed by atoms with Crippen molar-refractivity contribution in [1.29, 1.82) is 0 Å². The van der Waals surface area contributed by atoms with E-state index in [9.17, 15) is 0 Å². The van der Waals surface area contributed by atoms with Crippen LogP contribution < -0.4 is 0 Å². The first kappa shape index (κ1) is 9.28. The molecular formula is C11H11ClN2. The van der Waals surface area contributed by atoms with Gasteiger partial charge < -0.3 is 0 Å². The highest BCUT2D eigenvalue weighted by Crippen LogP contribution is 2.19. The molecule has 1 aromatic carbocycles. The fraction of sp³-hybridized carbons (Fsp3) is 0.182. The Bertz CT molecular complexity index is 434. The number of aryl methyl sites for hydroxylation is 1. The smallest absolute Gasteiger partial charge is 0.0831 e. The van der Waals surface area contributed by atoms with Gasteiger partial charge >= 0.3 is 0 Å². The zero-order valence-corrected chi connectivity index (χ0v) is 8.70. The molecule has 0 N–H and O–H groups in total. The highest BCUT2D eigenvalue weighted by molar-refractivity contribution is 6.32. The molecule has 0 aliphatic rings. The Morgan fingerprint density at radius 2 is 2.14 bits per heavy atom. The molecule has 0 amide bonds. The van der Waals surface area contributed by atoms with E-state index in [-0.39, 0.29) is 0 Å². The van der Waals surface area contributed by atoms with Crippen LogP contribution in [-0.4, -0.2) is 9.78 Å². The van der Waals surface area contributed by atoms with Gasteiger partial charge in [0.15, 0.2) is 0 Å². The van der Waals surface area contributed by atoms with E-state index in [2.05, 4.69) is 12.0 Å². The molecule has 72 valence electrons. The third kappa shape index (κ3) is 1.66. The van der Waals surface area contributed by atoms with E-state index < -0.39 is 0 Å². The molecule has 0 fully saturated rings. The van der Waals surface area contributed by atoms with E-state index in [1.54, 1.807) is 4.68 Å². The molecule has 0 aliphatic heterocycles. The maximum Gasteiger partial charge on any atom is 0.0831 e. The normalized spacial score (nSPS) is 10.4. The topological polar surface area (TPSA) is 17.8 Å². The van der Waals surface area contributed by atoms with Crippen LogP contribution in [0.5, 0.6) is 0 Å². The Balaban J connectivity index is 2.44. The quantitative estimate of drug-likeness (QED) is 0.739. The van der Waals surface area contributed by atoms with Crippen molar-refractivity contribution >= 4 is 11.6 Å². The lowest BCUT2D eigenvalue weighted by Crippen LogP contribution is -1.94. The number of benzene rings is 1. The fourth-order valence-corrected chi connectivity index (χ4v) is 1.53. The summed E-state index contributed by atoms with van der Waals surface area (Å²) in [5.74, 6) is 0. The lowest BCUT2D eigenvalue weighted by molar-refractivity contribution is 0.880. The fourth-order valence-electron chi connectivity index (χ4n) is 1.31. The number of aromatic nitrogens is 2. The van der Waals surface area contributed by atoms with Gasteiger partial charge in [0.05, 0.1) is 16.9 Å². The zero-order valence-electron chi connectivity index (χ0n) is 7.94. The summed E-state index contributed by atoms with van der Waals surface area (Å²) in [7, 11) is 0. The minimum Gasteiger partial charge on any atom is -0.239 e. The molecule has 1 heterocycles. The molecule has 0 saturated carbocycles. The number of hydrogen-bond acceptors (Lipinski definition) is 1. The van der Waals surface area contributed by atoms with Gasteiger partial charge in [-0.05, 0) is 24.1 Å². The SMILES string of the molecule is CCc1cnn(-c2ccccc2Cl)c1. The summed E-state index contributed by atoms with van der Waals surface area (Å²) in [4.78, 5) is 0. The van der Waals surface area contributed by atoms with Crippen molar-refractivity contribution in [2.24, 2.45) is 0 Å². The molecule has 0 radical (unpaired) electrons. The van der Waals surface area contributed by atoms with Crippen molar-refractivity contribution in [3.05, 3.63) is 47.2 Å². The van der Waals surface area contributed by atoms with Crippen molar-refractivity contribution < 1.29 is 0 Å². The minimum atomic E-state index is 0.721. The van der Waals surface area contributed by atoms with Crippen LogP contribution in [0, 0.1) is 0 Å². The molecular weight excluding hydrogens is 196 g/mol. The van der Waals surface area contributed by atoms with Crippen molar-refractivity contribution in [3.8, 4) is 5.69 Å². The van der Waals surface area contributed by atoms with Crippen LogP contribution in [0.25, 0.3) is 5.69 Å². The van der Waals surface area contributed by atoms with Crippen LogP contribution in [0.3, 0.4) is 0 Å². The Labute approximate surface area is 88.1 Å². The second kappa shape index (κ2) is 3.84. The molecule has 14 heavy (non-hydrogen) atoms. The van der Waals surface area contributed by atoms with E-state index in [4.69, 9.17) is 11.6 Å². The molecule has 2 rings (SSSR count). The Kier molecular flexibility index (Phi) is 2.55. The summed E-state index contributed by atoms with van der Waals surface area (Å²) < 4.78 is 1.81. The zero-order chi connectivity index (χ0) is 9.97. The molecule has 3 heteroatoms. The van der Waals surface area contributed by atoms with Gasteiger partial charge in [-0.15, -0.1) is 0 Å². The average molecular weight is 207 g/mol. The molecule has 2 nitrogen and oxygen atoms in total. The van der Waals surface area contributed by atoms with Gasteiger partial charge in [-0.25, -0.2) is 4.68 Å². The van der Waals surface area contributed by atoms with E-state index in [0.29, 0.717) is 0 Å². The second-order valence-corrected chi connectivity index (χ2v) is 3.51. The van der Waals surface area contributed by atoms with Gasteiger partial charge in [0.25, 0.3) is 0 Å². The Morgan fingerprint density at radius 3 is 2.79 bits per heavy atom. The maximum atomic E-state index is 6.05. The predicted octanol–water partition coefficient (Wildman–Crippen LogP) is 3.09. The molecule has 0 atom stereocenters. The lowest BCUT2D eigenvalue weighted by atomic mass is 10.3. The third-order valence-electron chi connectivity index (χ3n) is 2.14. The second-order valence-electron chi connectivity index (χ2n) is 3.10. The molecule has 0 spiro atoms. The van der Waals surface area contributed by atoms with Crippen LogP contribution in [-0.2, 0) is 6.42 Å². The largest absolute Gasteiger partial charge is 0.239 e. The predicted molar refractivity (Wildman–Crippen MR) is 58.0 cm³/mol. The summed E-state index contributed by atoms with van der Waals surface area (Å²) in [5.41, 5.74) is 2.14. The van der Waals surface area contributed by atoms with E-state index >= 15 is 0 Å². The van der Waals surface area contributed by atoms with Crippen molar-refractivity contribution in [3.63, 3.8) is 0 Å². The molecule has 0 aliphatic carbocycles. The summed E-state index contributed by atoms with van der Waals surface area (Å²) in [5, 5.41) is 4.97. The summed E-state index contributed by atoms with van der Waals surface area (Å²) in [6.45, 7) is 2.11. The molecule has 0 unspecified atom stereocenters. The van der Waals surface area contributed by atoms with Crippen LogP contribution in [0.2, 0.25) is 5.02 Å². The highest BCUT2D eigenvalue weighted by Gasteiger charge is 2.02. The van der Waals surface area contributed by atoms with Gasteiger partial charge in [0.2, 0.25) is 0 Å². The first-order valence-electron chi connectivity index (χ1n) is 4.59. The number of halogens is 1. The lowest BCUT2D eigenvalue weighted by Gasteiger charge is -2.02. The van der Waals surface area contributed by atoms with Gasteiger partial charge in [0, 0.05) is 6.20 Å². The van der Waals surface area contributed by atoms with E-state index in [1.165, 1.54) is 5.56 Å². The Hall–Kier alpha value is -1.28. The summed E-state index contributed by atoms with van der Waals surface area (Å²) in [6, 6.07) is 7.68. The summed E-state index contributed by atoms with van der Waals surface area (Å²) in [6.07, 6.45) is 4.86. The van der Waals surface area contributed by atoms with Crippen LogP contribution in [0.4, 0.5) is 0 Å². The van der Waals surface area contributed by atoms with Crippen LogP contribution >= 0.6 is 11.6 Å². The number of para-hydroxylation sites is 1. The van der Waals surface area contributed by atoms with Gasteiger partial charge in [-0.3, -0.25) is 0 Å². The molecule has 0 saturated heterocycles. The average Bonchev–Trinajstić information content (AvgIpc) is 2.67. The van der Waals surface area contributed by atoms with Crippen molar-refractivity contribution in [2.45, 2.75) is 13.3 Å². The number of rotatable bonds is 2. The highest BCUT2D eigenvalue weighted by atomic mass is 35.5. The van der Waals surface area contributed by atoms with Gasteiger partial charge in [-0.1, -0.05) is 30.7 Å². The first-order valence-corrected chi connectivity index (χ1v) is 4.97. The monoisotopic (exact) mass is 206 g/mol. The molecule has 2 aromatic rings. The Morgan fingerprint density at radius 1 is 1.36 bits per heavy atom. The first-order chi connectivity index (χ1) is 6.81. The maximum absolute atomic E-state index is 6.05. The number of nitrogens with zero attached hydrogens (tertiary/aromatic N) is 2. The van der Waals surface area contributed by atoms with Gasteiger partial charge in [-0.2, -0.15) is 5.10 Å². The molecule has 1 aromatic heterocycles. The standard InChI is InChI=1S/C11H11ClN2/c1-2-9-7-13-14(8-9)11-6-4-3-5-10(11)12/h3-8H,2H2,1H3. The summed E-state index contributed by atoms with van der Waals surface area (Å²) >= 11 is 6.05. The van der Waals surface area contributed by atoms with Crippen LogP contribution in [0.1, 0.15) is 12.5 Å². The van der Waals surface area contributed by atoms with Crippen molar-refractivity contribution in [1.82, 2.24) is 9.78 Å². The minimum absolute atomic E-state index is 0.721. The van der Waals surface area contributed by atoms with E-state index in [0.717, 1.165) is 17.1 Å². The van der Waals surface area contributed by atoms with Crippen molar-refractivity contribution in [2.75, 3.05) is 0 Å². The third-order valence-corrected chi connectivity index (χ3v) is 2.46. The van der Waals surface area contributed by atoms with Gasteiger partial charge in [0.1, 0.15) is 0 Å². The van der Waals surface area contributed by atoms with E-state index in [1.807, 2.05) is 36.7 Å². The molecule has 0 bridgehead atoms. The number of hydrogen-bond donors (Lipinski definition) is 0. The van der Waals surface area contributed by atoms with Crippen LogP contribution in [0.15, 0.2) is 36.7 Å².